The van der Waals surface area contributed by atoms with E-state index >= 15 is 0 Å². The van der Waals surface area contributed by atoms with Crippen LogP contribution in [0.25, 0.3) is 0 Å². The van der Waals surface area contributed by atoms with Gasteiger partial charge in [0.2, 0.25) is 0 Å². The number of benzene rings is 1. The van der Waals surface area contributed by atoms with E-state index in [-0.39, 0.29) is 5.97 Å². The molecule has 4 nitrogen and oxygen atoms in total. The molecule has 1 saturated carbocycles. The summed E-state index contributed by atoms with van der Waals surface area (Å²) in [5, 5.41) is 3.52. The maximum atomic E-state index is 12.0. The summed E-state index contributed by atoms with van der Waals surface area (Å²) in [6, 6.07) is 4.92. The molecule has 21 heavy (non-hydrogen) atoms. The zero-order valence-corrected chi connectivity index (χ0v) is 15.0. The first-order chi connectivity index (χ1) is 10.1. The van der Waals surface area contributed by atoms with Crippen LogP contribution in [0.1, 0.15) is 29.6 Å². The predicted octanol–water partition coefficient (Wildman–Crippen LogP) is 3.65. The Labute approximate surface area is 141 Å². The van der Waals surface area contributed by atoms with E-state index in [1.807, 2.05) is 6.07 Å². The van der Waals surface area contributed by atoms with Crippen LogP contribution in [-0.2, 0) is 4.74 Å². The molecule has 1 heterocycles. The lowest BCUT2D eigenvalue weighted by Gasteiger charge is -2.19. The average Bonchev–Trinajstić information content (AvgIpc) is 3.20. The molecule has 1 atom stereocenters. The summed E-state index contributed by atoms with van der Waals surface area (Å²) in [6.07, 6.45) is 3.78. The number of hydrogen-bond acceptors (Lipinski definition) is 4. The SMILES string of the molecule is COC(=O)c1cc(Br)cc(Br)c1NC1CCN(C2CC2)C1. The first-order valence-electron chi connectivity index (χ1n) is 7.16. The molecule has 0 amide bonds. The van der Waals surface area contributed by atoms with Crippen molar-refractivity contribution in [2.75, 3.05) is 25.5 Å². The Morgan fingerprint density at radius 1 is 1.33 bits per heavy atom. The quantitative estimate of drug-likeness (QED) is 0.759. The monoisotopic (exact) mass is 416 g/mol. The van der Waals surface area contributed by atoms with Gasteiger partial charge >= 0.3 is 5.97 Å². The van der Waals surface area contributed by atoms with Gasteiger partial charge in [0.15, 0.2) is 0 Å². The molecule has 1 saturated heterocycles. The van der Waals surface area contributed by atoms with E-state index in [4.69, 9.17) is 4.74 Å². The number of carbonyl (C=O) groups is 1. The van der Waals surface area contributed by atoms with Crippen LogP contribution in [0.15, 0.2) is 21.1 Å². The summed E-state index contributed by atoms with van der Waals surface area (Å²) >= 11 is 6.97. The van der Waals surface area contributed by atoms with Crippen LogP contribution < -0.4 is 5.32 Å². The Kier molecular flexibility index (Phi) is 4.57. The van der Waals surface area contributed by atoms with E-state index < -0.39 is 0 Å². The number of esters is 1. The highest BCUT2D eigenvalue weighted by Crippen LogP contribution is 2.34. The normalized spacial score (nSPS) is 22.3. The van der Waals surface area contributed by atoms with E-state index in [9.17, 15) is 4.79 Å². The lowest BCUT2D eigenvalue weighted by molar-refractivity contribution is 0.0601. The van der Waals surface area contributed by atoms with Gasteiger partial charge in [-0.3, -0.25) is 4.90 Å². The van der Waals surface area contributed by atoms with Crippen molar-refractivity contribution >= 4 is 43.5 Å². The molecule has 0 radical (unpaired) electrons. The topological polar surface area (TPSA) is 41.6 Å². The number of nitrogens with one attached hydrogen (secondary N) is 1. The fourth-order valence-electron chi connectivity index (χ4n) is 2.87. The van der Waals surface area contributed by atoms with Gasteiger partial charge in [-0.15, -0.1) is 0 Å². The minimum absolute atomic E-state index is 0.323. The molecule has 1 aromatic rings. The second-order valence-corrected chi connectivity index (χ2v) is 7.43. The van der Waals surface area contributed by atoms with Crippen LogP contribution in [0.5, 0.6) is 0 Å². The highest BCUT2D eigenvalue weighted by Gasteiger charge is 2.34. The number of rotatable bonds is 4. The first kappa shape index (κ1) is 15.3. The molecule has 1 aliphatic heterocycles. The molecule has 1 unspecified atom stereocenters. The second-order valence-electron chi connectivity index (χ2n) is 5.66. The summed E-state index contributed by atoms with van der Waals surface area (Å²) in [4.78, 5) is 14.5. The molecule has 0 spiro atoms. The average molecular weight is 418 g/mol. The van der Waals surface area contributed by atoms with Gasteiger partial charge in [-0.2, -0.15) is 0 Å². The Morgan fingerprint density at radius 2 is 2.10 bits per heavy atom. The highest BCUT2D eigenvalue weighted by molar-refractivity contribution is 9.11. The smallest absolute Gasteiger partial charge is 0.340 e. The molecule has 0 bridgehead atoms. The number of carbonyl (C=O) groups excluding carboxylic acids is 1. The van der Waals surface area contributed by atoms with Crippen molar-refractivity contribution in [3.05, 3.63) is 26.6 Å². The van der Waals surface area contributed by atoms with Crippen LogP contribution in [0, 0.1) is 0 Å². The van der Waals surface area contributed by atoms with Gasteiger partial charge in [0.05, 0.1) is 18.4 Å². The number of hydrogen-bond donors (Lipinski definition) is 1. The van der Waals surface area contributed by atoms with Crippen molar-refractivity contribution in [2.45, 2.75) is 31.3 Å². The summed E-state index contributed by atoms with van der Waals surface area (Å²) in [5.74, 6) is -0.323. The molecule has 2 fully saturated rings. The van der Waals surface area contributed by atoms with Gasteiger partial charge in [0.1, 0.15) is 0 Å². The fraction of sp³-hybridized carbons (Fsp3) is 0.533. The third kappa shape index (κ3) is 3.43. The van der Waals surface area contributed by atoms with Gasteiger partial charge in [-0.25, -0.2) is 4.79 Å². The molecule has 3 rings (SSSR count). The van der Waals surface area contributed by atoms with E-state index in [2.05, 4.69) is 42.1 Å². The van der Waals surface area contributed by atoms with Crippen LogP contribution >= 0.6 is 31.9 Å². The Morgan fingerprint density at radius 3 is 2.76 bits per heavy atom. The predicted molar refractivity (Wildman–Crippen MR) is 89.8 cm³/mol. The van der Waals surface area contributed by atoms with Crippen molar-refractivity contribution in [3.8, 4) is 0 Å². The Balaban J connectivity index is 1.79. The third-order valence-electron chi connectivity index (χ3n) is 4.09. The van der Waals surface area contributed by atoms with Gasteiger partial charge in [-0.05, 0) is 47.3 Å². The van der Waals surface area contributed by atoms with Gasteiger partial charge in [0, 0.05) is 34.1 Å². The molecular formula is C15H18Br2N2O2. The fourth-order valence-corrected chi connectivity index (χ4v) is 4.21. The van der Waals surface area contributed by atoms with Crippen LogP contribution in [0.3, 0.4) is 0 Å². The van der Waals surface area contributed by atoms with Gasteiger partial charge < -0.3 is 10.1 Å². The molecule has 114 valence electrons. The number of methoxy groups -OCH3 is 1. The van der Waals surface area contributed by atoms with Gasteiger partial charge in [-0.1, -0.05) is 15.9 Å². The van der Waals surface area contributed by atoms with Crippen LogP contribution in [0.2, 0.25) is 0 Å². The Bertz CT molecular complexity index is 561. The molecule has 6 heteroatoms. The lowest BCUT2D eigenvalue weighted by Crippen LogP contribution is -2.28. The van der Waals surface area contributed by atoms with Crippen LogP contribution in [0.4, 0.5) is 5.69 Å². The van der Waals surface area contributed by atoms with E-state index in [0.29, 0.717) is 11.6 Å². The van der Waals surface area contributed by atoms with Crippen molar-refractivity contribution in [3.63, 3.8) is 0 Å². The first-order valence-corrected chi connectivity index (χ1v) is 8.75. The maximum absolute atomic E-state index is 12.0. The van der Waals surface area contributed by atoms with E-state index in [1.165, 1.54) is 20.0 Å². The van der Waals surface area contributed by atoms with Crippen molar-refractivity contribution < 1.29 is 9.53 Å². The molecule has 1 N–H and O–H groups in total. The largest absolute Gasteiger partial charge is 0.465 e. The second kappa shape index (κ2) is 6.26. The van der Waals surface area contributed by atoms with E-state index in [0.717, 1.165) is 40.2 Å². The standard InChI is InChI=1S/C15H18Br2N2O2/c1-21-15(20)12-6-9(16)7-13(17)14(12)18-10-4-5-19(8-10)11-2-3-11/h6-7,10-11,18H,2-5,8H2,1H3. The lowest BCUT2D eigenvalue weighted by atomic mass is 10.1. The summed E-state index contributed by atoms with van der Waals surface area (Å²) < 4.78 is 6.62. The number of likely N-dealkylation sites (tertiary alicyclic amines) is 1. The van der Waals surface area contributed by atoms with E-state index in [1.54, 1.807) is 6.07 Å². The number of anilines is 1. The molecule has 1 aromatic carbocycles. The number of ether oxygens (including phenoxy) is 1. The third-order valence-corrected chi connectivity index (χ3v) is 5.17. The van der Waals surface area contributed by atoms with Crippen LogP contribution in [-0.4, -0.2) is 43.2 Å². The number of halogens is 2. The van der Waals surface area contributed by atoms with Crippen molar-refractivity contribution in [1.29, 1.82) is 0 Å². The molecular weight excluding hydrogens is 400 g/mol. The summed E-state index contributed by atoms with van der Waals surface area (Å²) in [5.41, 5.74) is 1.39. The summed E-state index contributed by atoms with van der Waals surface area (Å²) in [6.45, 7) is 2.19. The Hall–Kier alpha value is -0.590. The zero-order valence-electron chi connectivity index (χ0n) is 11.9. The molecule has 0 aromatic heterocycles. The molecule has 2 aliphatic rings. The highest BCUT2D eigenvalue weighted by atomic mass is 79.9. The maximum Gasteiger partial charge on any atom is 0.340 e. The number of nitrogens with zero attached hydrogens (tertiary/aromatic N) is 1. The zero-order chi connectivity index (χ0) is 15.0. The molecule has 1 aliphatic carbocycles. The van der Waals surface area contributed by atoms with Crippen molar-refractivity contribution in [2.24, 2.45) is 0 Å². The van der Waals surface area contributed by atoms with Crippen molar-refractivity contribution in [1.82, 2.24) is 4.90 Å². The minimum Gasteiger partial charge on any atom is -0.465 e. The minimum atomic E-state index is -0.323. The van der Waals surface area contributed by atoms with Gasteiger partial charge in [0.25, 0.3) is 0 Å². The summed E-state index contributed by atoms with van der Waals surface area (Å²) in [7, 11) is 1.41.